The molecule has 0 aliphatic carbocycles. The van der Waals surface area contributed by atoms with Crippen LogP contribution < -0.4 is 9.64 Å². The Labute approximate surface area is 266 Å². The average Bonchev–Trinajstić information content (AvgIpc) is 3.08. The minimum absolute atomic E-state index is 0.0478. The van der Waals surface area contributed by atoms with Gasteiger partial charge in [0.05, 0.1) is 31.4 Å². The molecule has 4 aromatic carbocycles. The number of carbonyl (C=O) groups excluding carboxylic acids is 1. The molecule has 6 nitrogen and oxygen atoms in total. The number of esters is 1. The van der Waals surface area contributed by atoms with E-state index in [0.29, 0.717) is 12.2 Å². The predicted molar refractivity (Wildman–Crippen MR) is 179 cm³/mol. The molecule has 0 bridgehead atoms. The van der Waals surface area contributed by atoms with Gasteiger partial charge < -0.3 is 14.4 Å². The third-order valence-corrected chi connectivity index (χ3v) is 7.02. The van der Waals surface area contributed by atoms with E-state index in [2.05, 4.69) is 22.8 Å². The van der Waals surface area contributed by atoms with Crippen LogP contribution in [0.5, 0.6) is 5.75 Å². The molecule has 4 rings (SSSR count). The van der Waals surface area contributed by atoms with E-state index in [4.69, 9.17) is 21.3 Å². The van der Waals surface area contributed by atoms with Crippen LogP contribution in [-0.4, -0.2) is 33.3 Å². The molecular weight excluding hydrogens is 558 g/mol. The molecule has 45 heavy (non-hydrogen) atoms. The zero-order valence-electron chi connectivity index (χ0n) is 25.6. The van der Waals surface area contributed by atoms with Gasteiger partial charge in [-0.25, -0.2) is 4.85 Å². The Hall–Kier alpha value is -5.77. The molecule has 0 heterocycles. The van der Waals surface area contributed by atoms with Crippen LogP contribution in [0.2, 0.25) is 0 Å². The summed E-state index contributed by atoms with van der Waals surface area (Å²) in [6.45, 7) is 8.30. The summed E-state index contributed by atoms with van der Waals surface area (Å²) in [5.74, 6) is 6.51. The second kappa shape index (κ2) is 16.8. The van der Waals surface area contributed by atoms with Crippen molar-refractivity contribution in [2.45, 2.75) is 25.7 Å². The lowest BCUT2D eigenvalue weighted by Crippen LogP contribution is -2.07. The molecule has 0 saturated heterocycles. The van der Waals surface area contributed by atoms with E-state index < -0.39 is 5.97 Å². The van der Waals surface area contributed by atoms with E-state index in [1.54, 1.807) is 6.08 Å². The number of nitriles is 1. The second-order valence-corrected chi connectivity index (χ2v) is 10.6. The number of unbranched alkanes of at least 4 members (excludes halogenated alkanes) is 3. The van der Waals surface area contributed by atoms with E-state index in [0.717, 1.165) is 64.9 Å². The predicted octanol–water partition coefficient (Wildman–Crippen LogP) is 8.13. The van der Waals surface area contributed by atoms with Crippen LogP contribution in [0.4, 0.5) is 5.69 Å². The minimum atomic E-state index is -0.608. The molecule has 0 aromatic heterocycles. The van der Waals surface area contributed by atoms with E-state index in [1.807, 2.05) is 116 Å². The Morgan fingerprint density at radius 2 is 1.29 bits per heavy atom. The van der Waals surface area contributed by atoms with Crippen LogP contribution in [-0.2, 0) is 9.53 Å². The Balaban J connectivity index is 1.13. The molecule has 0 aliphatic heterocycles. The van der Waals surface area contributed by atoms with Gasteiger partial charge in [0.15, 0.2) is 0 Å². The van der Waals surface area contributed by atoms with Gasteiger partial charge in [0.2, 0.25) is 0 Å². The van der Waals surface area contributed by atoms with Crippen molar-refractivity contribution < 1.29 is 14.3 Å². The van der Waals surface area contributed by atoms with Gasteiger partial charge >= 0.3 is 5.97 Å². The van der Waals surface area contributed by atoms with Gasteiger partial charge in [-0.3, -0.25) is 4.79 Å². The fourth-order valence-electron chi connectivity index (χ4n) is 4.41. The number of nitrogens with zero attached hydrogens (tertiary/aromatic N) is 3. The van der Waals surface area contributed by atoms with Gasteiger partial charge in [0, 0.05) is 30.9 Å². The van der Waals surface area contributed by atoms with E-state index >= 15 is 0 Å². The van der Waals surface area contributed by atoms with Gasteiger partial charge in [-0.1, -0.05) is 48.2 Å². The van der Waals surface area contributed by atoms with Gasteiger partial charge in [0.25, 0.3) is 5.70 Å². The van der Waals surface area contributed by atoms with Gasteiger partial charge in [0.1, 0.15) is 5.75 Å². The molecule has 0 aliphatic rings. The maximum absolute atomic E-state index is 12.4. The fraction of sp³-hybridized carbons (Fsp3) is 0.205. The summed E-state index contributed by atoms with van der Waals surface area (Å²) < 4.78 is 11.2. The first-order chi connectivity index (χ1) is 21.9. The van der Waals surface area contributed by atoms with Crippen LogP contribution in [0.25, 0.3) is 22.0 Å². The van der Waals surface area contributed by atoms with Crippen LogP contribution in [0, 0.1) is 29.7 Å². The summed E-state index contributed by atoms with van der Waals surface area (Å²) in [6.07, 6.45) is 5.00. The molecule has 224 valence electrons. The number of anilines is 1. The number of hydrogen-bond acceptors (Lipinski definition) is 5. The van der Waals surface area contributed by atoms with E-state index in [-0.39, 0.29) is 12.3 Å². The minimum Gasteiger partial charge on any atom is -0.494 e. The Morgan fingerprint density at radius 1 is 0.756 bits per heavy atom. The quantitative estimate of drug-likeness (QED) is 0.0546. The highest BCUT2D eigenvalue weighted by Gasteiger charge is 2.11. The normalized spacial score (nSPS) is 10.5. The van der Waals surface area contributed by atoms with Crippen LogP contribution in [0.15, 0.2) is 103 Å². The van der Waals surface area contributed by atoms with Gasteiger partial charge in [-0.15, -0.1) is 0 Å². The van der Waals surface area contributed by atoms with Gasteiger partial charge in [-0.05, 0) is 109 Å². The third-order valence-electron chi connectivity index (χ3n) is 7.02. The van der Waals surface area contributed by atoms with Crippen molar-refractivity contribution in [3.8, 4) is 34.8 Å². The highest BCUT2D eigenvalue weighted by atomic mass is 16.5. The Kier molecular flexibility index (Phi) is 12.0. The highest BCUT2D eigenvalue weighted by molar-refractivity contribution is 5.95. The van der Waals surface area contributed by atoms with Crippen molar-refractivity contribution in [3.63, 3.8) is 0 Å². The first-order valence-corrected chi connectivity index (χ1v) is 14.8. The average molecular weight is 594 g/mol. The molecule has 0 saturated carbocycles. The molecule has 4 aromatic rings. The smallest absolute Gasteiger partial charge is 0.336 e. The fourth-order valence-corrected chi connectivity index (χ4v) is 4.41. The van der Waals surface area contributed by atoms with Gasteiger partial charge in [-0.2, -0.15) is 5.26 Å². The van der Waals surface area contributed by atoms with Crippen molar-refractivity contribution in [2.75, 3.05) is 32.2 Å². The summed E-state index contributed by atoms with van der Waals surface area (Å²) in [5, 5.41) is 8.95. The lowest BCUT2D eigenvalue weighted by atomic mass is 10.0. The van der Waals surface area contributed by atoms with Crippen molar-refractivity contribution in [2.24, 2.45) is 0 Å². The topological polar surface area (TPSA) is 66.9 Å². The Bertz CT molecular complexity index is 1730. The monoisotopic (exact) mass is 593 g/mol. The third kappa shape index (κ3) is 10.2. The molecule has 0 radical (unpaired) electrons. The van der Waals surface area contributed by atoms with Crippen molar-refractivity contribution in [3.05, 3.63) is 136 Å². The summed E-state index contributed by atoms with van der Waals surface area (Å²) >= 11 is 0. The maximum Gasteiger partial charge on any atom is 0.336 e. The molecule has 0 fully saturated rings. The zero-order valence-corrected chi connectivity index (χ0v) is 25.6. The molecule has 0 amide bonds. The molecule has 0 N–H and O–H groups in total. The van der Waals surface area contributed by atoms with Crippen LogP contribution in [0.3, 0.4) is 0 Å². The number of carbonyl (C=O) groups is 1. The summed E-state index contributed by atoms with van der Waals surface area (Å²) in [4.78, 5) is 17.9. The maximum atomic E-state index is 12.4. The largest absolute Gasteiger partial charge is 0.494 e. The molecule has 0 unspecified atom stereocenters. The lowest BCUT2D eigenvalue weighted by molar-refractivity contribution is -0.138. The molecule has 0 atom stereocenters. The van der Waals surface area contributed by atoms with Crippen LogP contribution >= 0.6 is 0 Å². The first kappa shape index (κ1) is 32.2. The second-order valence-electron chi connectivity index (χ2n) is 10.6. The van der Waals surface area contributed by atoms with E-state index in [9.17, 15) is 4.79 Å². The highest BCUT2D eigenvalue weighted by Crippen LogP contribution is 2.23. The Morgan fingerprint density at radius 3 is 1.84 bits per heavy atom. The lowest BCUT2D eigenvalue weighted by Gasteiger charge is -2.11. The van der Waals surface area contributed by atoms with Crippen molar-refractivity contribution in [1.82, 2.24) is 0 Å². The summed E-state index contributed by atoms with van der Waals surface area (Å²) in [7, 11) is 4.00. The van der Waals surface area contributed by atoms with Crippen molar-refractivity contribution >= 4 is 17.7 Å². The number of benzene rings is 4. The summed E-state index contributed by atoms with van der Waals surface area (Å²) in [6, 6.07) is 33.0. The molecular formula is C39H35N3O3. The zero-order chi connectivity index (χ0) is 31.9. The van der Waals surface area contributed by atoms with Crippen molar-refractivity contribution in [1.29, 1.82) is 5.26 Å². The number of rotatable bonds is 12. The van der Waals surface area contributed by atoms with Crippen LogP contribution in [0.1, 0.15) is 47.9 Å². The van der Waals surface area contributed by atoms with E-state index in [1.165, 1.54) is 0 Å². The molecule has 6 heteroatoms. The standard InChI is InChI=1S/C39H35N3O3/c1-41-38(28-32-12-10-30(11-13-32)8-9-31-16-22-36(23-17-31)42(2)3)39(43)45-27-7-5-4-6-26-44-37-24-20-35(21-25-37)34-18-14-33(29-40)15-19-34/h10-25,28H,4-7,26-27H2,2-3H3. The number of ether oxygens (including phenoxy) is 2. The number of hydrogen-bond donors (Lipinski definition) is 0. The molecule has 0 spiro atoms. The SMILES string of the molecule is [C-]#[N+]C(=Cc1ccc(C#Cc2ccc(N(C)C)cc2)cc1)C(=O)OCCCCCCOc1ccc(-c2ccc(C#N)cc2)cc1. The summed E-state index contributed by atoms with van der Waals surface area (Å²) in [5.41, 5.74) is 6.35. The first-order valence-electron chi connectivity index (χ1n) is 14.8.